The van der Waals surface area contributed by atoms with Crippen LogP contribution >= 0.6 is 0 Å². The average molecular weight is 361 g/mol. The molecule has 0 radical (unpaired) electrons. The van der Waals surface area contributed by atoms with Crippen molar-refractivity contribution in [3.05, 3.63) is 29.8 Å². The van der Waals surface area contributed by atoms with E-state index < -0.39 is 0 Å². The molecule has 3 rings (SSSR count). The Labute approximate surface area is 157 Å². The van der Waals surface area contributed by atoms with Crippen LogP contribution in [0.15, 0.2) is 29.3 Å². The first-order valence-electron chi connectivity index (χ1n) is 9.88. The summed E-state index contributed by atoms with van der Waals surface area (Å²) in [6.45, 7) is 7.93. The summed E-state index contributed by atoms with van der Waals surface area (Å²) < 4.78 is 11.3. The molecule has 0 aromatic heterocycles. The van der Waals surface area contributed by atoms with E-state index in [0.29, 0.717) is 19.1 Å². The molecule has 2 saturated heterocycles. The fourth-order valence-corrected chi connectivity index (χ4v) is 3.42. The zero-order valence-corrected chi connectivity index (χ0v) is 15.7. The topological polar surface area (TPSA) is 63.3 Å². The van der Waals surface area contributed by atoms with E-state index in [0.717, 1.165) is 57.3 Å². The summed E-state index contributed by atoms with van der Waals surface area (Å²) in [5.41, 5.74) is 7.33. The monoisotopic (exact) mass is 360 g/mol. The van der Waals surface area contributed by atoms with Gasteiger partial charge in [0.25, 0.3) is 0 Å². The van der Waals surface area contributed by atoms with Gasteiger partial charge in [0, 0.05) is 32.7 Å². The molecule has 144 valence electrons. The number of likely N-dealkylation sites (tertiary alicyclic amines) is 1. The molecule has 0 aliphatic carbocycles. The Balaban J connectivity index is 1.46. The van der Waals surface area contributed by atoms with Gasteiger partial charge < -0.3 is 20.1 Å². The summed E-state index contributed by atoms with van der Waals surface area (Å²) in [7, 11) is 0. The van der Waals surface area contributed by atoms with Gasteiger partial charge in [-0.3, -0.25) is 4.90 Å². The van der Waals surface area contributed by atoms with Crippen molar-refractivity contribution in [2.75, 3.05) is 52.5 Å². The van der Waals surface area contributed by atoms with E-state index >= 15 is 0 Å². The smallest absolute Gasteiger partial charge is 0.191 e. The lowest BCUT2D eigenvalue weighted by Crippen LogP contribution is -2.38. The molecule has 1 aromatic rings. The fourth-order valence-electron chi connectivity index (χ4n) is 3.42. The minimum Gasteiger partial charge on any atom is -0.492 e. The molecule has 2 heterocycles. The van der Waals surface area contributed by atoms with Crippen molar-refractivity contribution in [3.8, 4) is 5.75 Å². The number of rotatable bonds is 6. The SMILES string of the molecule is NC(=NCc1cccc(OCCN2CCOCC2)c1)N1CCCCCC1. The van der Waals surface area contributed by atoms with Crippen molar-refractivity contribution in [1.29, 1.82) is 0 Å². The lowest BCUT2D eigenvalue weighted by atomic mass is 10.2. The van der Waals surface area contributed by atoms with E-state index in [1.54, 1.807) is 0 Å². The fraction of sp³-hybridized carbons (Fsp3) is 0.650. The number of nitrogens with zero attached hydrogens (tertiary/aromatic N) is 3. The first-order chi connectivity index (χ1) is 12.8. The van der Waals surface area contributed by atoms with Crippen LogP contribution in [0, 0.1) is 0 Å². The Morgan fingerprint density at radius 1 is 1.08 bits per heavy atom. The molecule has 6 nitrogen and oxygen atoms in total. The van der Waals surface area contributed by atoms with Crippen LogP contribution in [-0.2, 0) is 11.3 Å². The number of aliphatic imine (C=N–C) groups is 1. The standard InChI is InChI=1S/C20H32N4O2/c21-20(24-8-3-1-2-4-9-24)22-17-18-6-5-7-19(16-18)26-15-12-23-10-13-25-14-11-23/h5-7,16H,1-4,8-15,17H2,(H2,21,22). The Bertz CT molecular complexity index is 565. The van der Waals surface area contributed by atoms with Crippen LogP contribution in [0.1, 0.15) is 31.2 Å². The molecular formula is C20H32N4O2. The maximum atomic E-state index is 6.20. The number of guanidine groups is 1. The number of morpholine rings is 1. The summed E-state index contributed by atoms with van der Waals surface area (Å²) in [5.74, 6) is 1.57. The Hall–Kier alpha value is -1.79. The van der Waals surface area contributed by atoms with Crippen molar-refractivity contribution in [2.24, 2.45) is 10.7 Å². The van der Waals surface area contributed by atoms with Gasteiger partial charge in [-0.05, 0) is 30.5 Å². The highest BCUT2D eigenvalue weighted by Crippen LogP contribution is 2.15. The van der Waals surface area contributed by atoms with E-state index in [9.17, 15) is 0 Å². The molecule has 0 atom stereocenters. The van der Waals surface area contributed by atoms with Gasteiger partial charge in [0.15, 0.2) is 5.96 Å². The van der Waals surface area contributed by atoms with Gasteiger partial charge in [-0.1, -0.05) is 25.0 Å². The molecule has 26 heavy (non-hydrogen) atoms. The molecule has 0 amide bonds. The molecule has 2 fully saturated rings. The second kappa shape index (κ2) is 10.4. The maximum absolute atomic E-state index is 6.20. The second-order valence-electron chi connectivity index (χ2n) is 7.03. The van der Waals surface area contributed by atoms with Crippen molar-refractivity contribution in [1.82, 2.24) is 9.80 Å². The number of hydrogen-bond acceptors (Lipinski definition) is 4. The highest BCUT2D eigenvalue weighted by molar-refractivity contribution is 5.78. The highest BCUT2D eigenvalue weighted by Gasteiger charge is 2.11. The van der Waals surface area contributed by atoms with Crippen LogP contribution in [0.4, 0.5) is 0 Å². The summed E-state index contributed by atoms with van der Waals surface area (Å²) in [6, 6.07) is 8.17. The number of nitrogens with two attached hydrogens (primary N) is 1. The van der Waals surface area contributed by atoms with Gasteiger partial charge in [-0.2, -0.15) is 0 Å². The lowest BCUT2D eigenvalue weighted by molar-refractivity contribution is 0.0322. The van der Waals surface area contributed by atoms with Crippen molar-refractivity contribution < 1.29 is 9.47 Å². The van der Waals surface area contributed by atoms with Crippen molar-refractivity contribution >= 4 is 5.96 Å². The van der Waals surface area contributed by atoms with Crippen LogP contribution < -0.4 is 10.5 Å². The van der Waals surface area contributed by atoms with Crippen molar-refractivity contribution in [3.63, 3.8) is 0 Å². The second-order valence-corrected chi connectivity index (χ2v) is 7.03. The summed E-state index contributed by atoms with van der Waals surface area (Å²) in [6.07, 6.45) is 5.02. The molecule has 0 spiro atoms. The largest absolute Gasteiger partial charge is 0.492 e. The van der Waals surface area contributed by atoms with Gasteiger partial charge in [0.1, 0.15) is 12.4 Å². The quantitative estimate of drug-likeness (QED) is 0.622. The average Bonchev–Trinajstić information content (AvgIpc) is 2.97. The lowest BCUT2D eigenvalue weighted by Gasteiger charge is -2.26. The molecule has 0 unspecified atom stereocenters. The predicted octanol–water partition coefficient (Wildman–Crippen LogP) is 2.09. The highest BCUT2D eigenvalue weighted by atomic mass is 16.5. The number of hydrogen-bond donors (Lipinski definition) is 1. The van der Waals surface area contributed by atoms with Gasteiger partial charge in [-0.15, -0.1) is 0 Å². The van der Waals surface area contributed by atoms with Gasteiger partial charge in [0.05, 0.1) is 19.8 Å². The zero-order chi connectivity index (χ0) is 18.0. The van der Waals surface area contributed by atoms with Crippen LogP contribution in [0.25, 0.3) is 0 Å². The van der Waals surface area contributed by atoms with E-state index in [1.807, 2.05) is 12.1 Å². The number of ether oxygens (including phenoxy) is 2. The van der Waals surface area contributed by atoms with E-state index in [4.69, 9.17) is 15.2 Å². The maximum Gasteiger partial charge on any atom is 0.191 e. The molecule has 2 N–H and O–H groups in total. The van der Waals surface area contributed by atoms with E-state index in [2.05, 4.69) is 26.9 Å². The summed E-state index contributed by atoms with van der Waals surface area (Å²) in [5, 5.41) is 0. The van der Waals surface area contributed by atoms with Crippen molar-refractivity contribution in [2.45, 2.75) is 32.2 Å². The normalized spacial score (nSPS) is 20.0. The predicted molar refractivity (Wildman–Crippen MR) is 105 cm³/mol. The molecule has 0 bridgehead atoms. The Morgan fingerprint density at radius 3 is 2.62 bits per heavy atom. The summed E-state index contributed by atoms with van der Waals surface area (Å²) in [4.78, 5) is 9.19. The van der Waals surface area contributed by atoms with E-state index in [1.165, 1.54) is 25.7 Å². The van der Waals surface area contributed by atoms with E-state index in [-0.39, 0.29) is 0 Å². The Morgan fingerprint density at radius 2 is 1.85 bits per heavy atom. The third-order valence-corrected chi connectivity index (χ3v) is 5.03. The van der Waals surface area contributed by atoms with Gasteiger partial charge >= 0.3 is 0 Å². The van der Waals surface area contributed by atoms with Crippen LogP contribution in [0.5, 0.6) is 5.75 Å². The molecule has 2 aliphatic heterocycles. The summed E-state index contributed by atoms with van der Waals surface area (Å²) >= 11 is 0. The van der Waals surface area contributed by atoms with Gasteiger partial charge in [0.2, 0.25) is 0 Å². The first kappa shape index (κ1) is 19.0. The third-order valence-electron chi connectivity index (χ3n) is 5.03. The molecule has 2 aliphatic rings. The van der Waals surface area contributed by atoms with Crippen LogP contribution in [0.3, 0.4) is 0 Å². The molecule has 6 heteroatoms. The van der Waals surface area contributed by atoms with Gasteiger partial charge in [-0.25, -0.2) is 4.99 Å². The third kappa shape index (κ3) is 6.18. The molecular weight excluding hydrogens is 328 g/mol. The molecule has 0 saturated carbocycles. The Kier molecular flexibility index (Phi) is 7.58. The zero-order valence-electron chi connectivity index (χ0n) is 15.7. The minimum atomic E-state index is 0.600. The first-order valence-corrected chi connectivity index (χ1v) is 9.88. The number of benzene rings is 1. The van der Waals surface area contributed by atoms with Crippen LogP contribution in [-0.4, -0.2) is 68.3 Å². The van der Waals surface area contributed by atoms with Crippen LogP contribution in [0.2, 0.25) is 0 Å². The minimum absolute atomic E-state index is 0.600. The molecule has 1 aromatic carbocycles.